The van der Waals surface area contributed by atoms with E-state index in [1.807, 2.05) is 0 Å². The summed E-state index contributed by atoms with van der Waals surface area (Å²) in [7, 11) is 0. The minimum atomic E-state index is 1.13. The second-order valence-electron chi connectivity index (χ2n) is 11.9. The molecule has 0 amide bonds. The molecule has 3 saturated carbocycles. The van der Waals surface area contributed by atoms with E-state index < -0.39 is 0 Å². The molecule has 1 heteroatoms. The summed E-state index contributed by atoms with van der Waals surface area (Å²) < 4.78 is 0. The number of carbonyl (C=O) groups excluding carboxylic acids is 1. The number of allylic oxidation sites excluding steroid dienone is 6. The summed E-state index contributed by atoms with van der Waals surface area (Å²) in [5, 5.41) is 0. The largest absolute Gasteiger partial charge is 0.298 e. The van der Waals surface area contributed by atoms with Gasteiger partial charge in [-0.05, 0) is 82.6 Å². The van der Waals surface area contributed by atoms with Crippen molar-refractivity contribution in [2.45, 2.75) is 173 Å². The van der Waals surface area contributed by atoms with Gasteiger partial charge >= 0.3 is 0 Å². The van der Waals surface area contributed by atoms with Crippen molar-refractivity contribution in [3.63, 3.8) is 0 Å². The van der Waals surface area contributed by atoms with Crippen molar-refractivity contribution in [3.8, 4) is 0 Å². The van der Waals surface area contributed by atoms with Crippen LogP contribution in [0, 0.1) is 0 Å². The Morgan fingerprint density at radius 2 is 0.657 bits per heavy atom. The van der Waals surface area contributed by atoms with E-state index in [0.29, 0.717) is 0 Å². The summed E-state index contributed by atoms with van der Waals surface area (Å²) in [5.41, 5.74) is 7.30. The lowest BCUT2D eigenvalue weighted by Gasteiger charge is -2.21. The molecule has 0 aliphatic heterocycles. The molecule has 0 aromatic carbocycles. The lowest BCUT2D eigenvalue weighted by atomic mass is 9.84. The smallest absolute Gasteiger partial charge is 0.150 e. The van der Waals surface area contributed by atoms with Gasteiger partial charge in [0.25, 0.3) is 0 Å². The van der Waals surface area contributed by atoms with Gasteiger partial charge in [0.05, 0.1) is 0 Å². The molecule has 3 fully saturated rings. The molecule has 0 aromatic heterocycles. The van der Waals surface area contributed by atoms with E-state index in [2.05, 4.69) is 6.08 Å². The molecule has 3 aliphatic rings. The van der Waals surface area contributed by atoms with Crippen LogP contribution in [0.1, 0.15) is 173 Å². The van der Waals surface area contributed by atoms with Crippen molar-refractivity contribution >= 4 is 6.29 Å². The molecule has 0 N–H and O–H groups in total. The first kappa shape index (κ1) is 28.5. The Balaban J connectivity index is 1.98. The Morgan fingerprint density at radius 3 is 1.00 bits per heavy atom. The van der Waals surface area contributed by atoms with Crippen LogP contribution in [0.25, 0.3) is 0 Å². The predicted molar refractivity (Wildman–Crippen MR) is 153 cm³/mol. The molecule has 0 bridgehead atoms. The van der Waals surface area contributed by atoms with Crippen molar-refractivity contribution in [1.29, 1.82) is 0 Å². The predicted octanol–water partition coefficient (Wildman–Crippen LogP) is 11.3. The van der Waals surface area contributed by atoms with Gasteiger partial charge in [0.15, 0.2) is 6.29 Å². The van der Waals surface area contributed by atoms with Crippen LogP contribution in [0.2, 0.25) is 0 Å². The van der Waals surface area contributed by atoms with Gasteiger partial charge in [-0.25, -0.2) is 0 Å². The van der Waals surface area contributed by atoms with E-state index in [1.165, 1.54) is 178 Å². The van der Waals surface area contributed by atoms with Crippen molar-refractivity contribution in [3.05, 3.63) is 33.9 Å². The summed E-state index contributed by atoms with van der Waals surface area (Å²) >= 11 is 0. The third-order valence-electron chi connectivity index (χ3n) is 8.93. The van der Waals surface area contributed by atoms with Gasteiger partial charge < -0.3 is 0 Å². The van der Waals surface area contributed by atoms with Crippen molar-refractivity contribution < 1.29 is 4.79 Å². The third-order valence-corrected chi connectivity index (χ3v) is 8.93. The first-order valence-corrected chi connectivity index (χ1v) is 16.0. The van der Waals surface area contributed by atoms with E-state index >= 15 is 0 Å². The number of hydrogen-bond acceptors (Lipinski definition) is 1. The van der Waals surface area contributed by atoms with E-state index in [0.717, 1.165) is 18.4 Å². The maximum absolute atomic E-state index is 12.9. The summed E-state index contributed by atoms with van der Waals surface area (Å²) in [6, 6.07) is 0. The molecule has 0 aromatic rings. The van der Waals surface area contributed by atoms with E-state index in [-0.39, 0.29) is 0 Å². The minimum absolute atomic E-state index is 1.13. The standard InChI is InChI=1S/C34H56O/c35-29-34(32-26-20-14-8-3-9-15-21-27-32)33(31-24-18-12-6-2-7-13-19-25-31)28-30-22-16-10-4-1-5-11-17-23-30/h28-29H,1-27H2. The van der Waals surface area contributed by atoms with E-state index in [4.69, 9.17) is 0 Å². The highest BCUT2D eigenvalue weighted by molar-refractivity contribution is 5.84. The summed E-state index contributed by atoms with van der Waals surface area (Å²) in [5.74, 6) is 0. The fourth-order valence-electron chi connectivity index (χ4n) is 6.68. The molecule has 3 aliphatic carbocycles. The normalized spacial score (nSPS) is 23.1. The van der Waals surface area contributed by atoms with Gasteiger partial charge in [-0.3, -0.25) is 4.79 Å². The van der Waals surface area contributed by atoms with Crippen LogP contribution in [0.15, 0.2) is 33.9 Å². The van der Waals surface area contributed by atoms with Crippen LogP contribution in [0.4, 0.5) is 0 Å². The average Bonchev–Trinajstić information content (AvgIpc) is 2.89. The Bertz CT molecular complexity index is 655. The van der Waals surface area contributed by atoms with Gasteiger partial charge in [0, 0.05) is 5.57 Å². The van der Waals surface area contributed by atoms with Crippen LogP contribution >= 0.6 is 0 Å². The SMILES string of the molecule is O=CC(=C1CCCCCCCCC1)C(C=C1CCCCCCCCC1)=C1CCCCCCCCC1. The first-order chi connectivity index (χ1) is 17.4. The Morgan fingerprint density at radius 1 is 0.371 bits per heavy atom. The molecule has 35 heavy (non-hydrogen) atoms. The summed E-state index contributed by atoms with van der Waals surface area (Å²) in [4.78, 5) is 12.9. The number of carbonyl (C=O) groups is 1. The molecule has 0 radical (unpaired) electrons. The van der Waals surface area contributed by atoms with Gasteiger partial charge in [0.2, 0.25) is 0 Å². The molecule has 0 atom stereocenters. The molecule has 0 heterocycles. The molecular weight excluding hydrogens is 424 g/mol. The Labute approximate surface area is 218 Å². The van der Waals surface area contributed by atoms with Crippen LogP contribution in [0.5, 0.6) is 0 Å². The summed E-state index contributed by atoms with van der Waals surface area (Å²) in [6.07, 6.45) is 39.7. The Kier molecular flexibility index (Phi) is 14.8. The zero-order valence-corrected chi connectivity index (χ0v) is 23.2. The third kappa shape index (κ3) is 11.2. The molecular formula is C34H56O. The zero-order valence-electron chi connectivity index (χ0n) is 23.2. The average molecular weight is 481 g/mol. The number of hydrogen-bond donors (Lipinski definition) is 0. The van der Waals surface area contributed by atoms with Crippen molar-refractivity contribution in [1.82, 2.24) is 0 Å². The molecule has 1 nitrogen and oxygen atoms in total. The highest BCUT2D eigenvalue weighted by atomic mass is 16.1. The molecule has 3 rings (SSSR count). The monoisotopic (exact) mass is 480 g/mol. The second-order valence-corrected chi connectivity index (χ2v) is 11.9. The topological polar surface area (TPSA) is 17.1 Å². The molecule has 198 valence electrons. The van der Waals surface area contributed by atoms with Crippen molar-refractivity contribution in [2.75, 3.05) is 0 Å². The number of aldehydes is 1. The highest BCUT2D eigenvalue weighted by Gasteiger charge is 2.17. The fraction of sp³-hybridized carbons (Fsp3) is 0.794. The van der Waals surface area contributed by atoms with Crippen molar-refractivity contribution in [2.24, 2.45) is 0 Å². The maximum Gasteiger partial charge on any atom is 0.150 e. The lowest BCUT2D eigenvalue weighted by Crippen LogP contribution is -2.05. The fourth-order valence-corrected chi connectivity index (χ4v) is 6.68. The zero-order chi connectivity index (χ0) is 24.4. The summed E-state index contributed by atoms with van der Waals surface area (Å²) in [6.45, 7) is 0. The van der Waals surface area contributed by atoms with Gasteiger partial charge in [0.1, 0.15) is 0 Å². The molecule has 0 unspecified atom stereocenters. The van der Waals surface area contributed by atoms with Crippen LogP contribution < -0.4 is 0 Å². The van der Waals surface area contributed by atoms with Crippen LogP contribution in [-0.4, -0.2) is 6.29 Å². The minimum Gasteiger partial charge on any atom is -0.298 e. The molecule has 0 saturated heterocycles. The van der Waals surface area contributed by atoms with Crippen LogP contribution in [-0.2, 0) is 4.79 Å². The maximum atomic E-state index is 12.9. The Hall–Kier alpha value is -1.11. The van der Waals surface area contributed by atoms with Gasteiger partial charge in [-0.1, -0.05) is 119 Å². The van der Waals surface area contributed by atoms with Gasteiger partial charge in [-0.2, -0.15) is 0 Å². The first-order valence-electron chi connectivity index (χ1n) is 16.0. The van der Waals surface area contributed by atoms with Gasteiger partial charge in [-0.15, -0.1) is 0 Å². The lowest BCUT2D eigenvalue weighted by molar-refractivity contribution is -0.104. The number of rotatable bonds is 3. The van der Waals surface area contributed by atoms with Crippen LogP contribution in [0.3, 0.4) is 0 Å². The van der Waals surface area contributed by atoms with E-state index in [9.17, 15) is 4.79 Å². The molecule has 0 spiro atoms. The second kappa shape index (κ2) is 18.2. The van der Waals surface area contributed by atoms with E-state index in [1.54, 1.807) is 11.1 Å². The highest BCUT2D eigenvalue weighted by Crippen LogP contribution is 2.34. The quantitative estimate of drug-likeness (QED) is 0.290.